The molecule has 0 heterocycles. The minimum atomic E-state index is -0.199. The van der Waals surface area contributed by atoms with Gasteiger partial charge in [0.25, 0.3) is 0 Å². The molecule has 0 rings (SSSR count). The van der Waals surface area contributed by atoms with Gasteiger partial charge in [-0.05, 0) is 19.5 Å². The number of likely N-dealkylation sites (N-methyl/N-ethyl adjacent to an activating group) is 2. The standard InChI is InChI=1S/C11H22N2O3/c1-5-13(9-10(14)12(2)3)8-6-7-11(15)16-4/h5-9H2,1-4H3. The molecule has 0 spiro atoms. The van der Waals surface area contributed by atoms with Crippen LogP contribution < -0.4 is 0 Å². The fourth-order valence-electron chi connectivity index (χ4n) is 1.23. The zero-order valence-electron chi connectivity index (χ0n) is 10.7. The molecule has 5 heteroatoms. The molecule has 0 saturated carbocycles. The number of methoxy groups -OCH3 is 1. The second-order valence-electron chi connectivity index (χ2n) is 3.84. The van der Waals surface area contributed by atoms with Gasteiger partial charge >= 0.3 is 5.97 Å². The van der Waals surface area contributed by atoms with E-state index in [-0.39, 0.29) is 11.9 Å². The van der Waals surface area contributed by atoms with E-state index in [1.165, 1.54) is 7.11 Å². The number of hydrogen-bond acceptors (Lipinski definition) is 4. The molecule has 0 radical (unpaired) electrons. The molecule has 0 saturated heterocycles. The summed E-state index contributed by atoms with van der Waals surface area (Å²) in [5, 5.41) is 0. The number of ether oxygens (including phenoxy) is 1. The van der Waals surface area contributed by atoms with Crippen molar-refractivity contribution in [3.05, 3.63) is 0 Å². The number of amides is 1. The predicted octanol–water partition coefficient (Wildman–Crippen LogP) is 0.350. The first-order valence-electron chi connectivity index (χ1n) is 5.50. The fraction of sp³-hybridized carbons (Fsp3) is 0.818. The molecule has 0 fully saturated rings. The highest BCUT2D eigenvalue weighted by molar-refractivity contribution is 5.77. The van der Waals surface area contributed by atoms with Crippen LogP contribution in [0.1, 0.15) is 19.8 Å². The number of rotatable bonds is 7. The van der Waals surface area contributed by atoms with Gasteiger partial charge in [0.1, 0.15) is 0 Å². The van der Waals surface area contributed by atoms with Crippen LogP contribution in [0.5, 0.6) is 0 Å². The Bertz CT molecular complexity index is 229. The summed E-state index contributed by atoms with van der Waals surface area (Å²) in [4.78, 5) is 25.9. The number of hydrogen-bond donors (Lipinski definition) is 0. The van der Waals surface area contributed by atoms with Crippen LogP contribution in [-0.4, -0.2) is 62.5 Å². The van der Waals surface area contributed by atoms with Gasteiger partial charge in [-0.2, -0.15) is 0 Å². The van der Waals surface area contributed by atoms with E-state index in [1.807, 2.05) is 11.8 Å². The van der Waals surface area contributed by atoms with Gasteiger partial charge in [0.2, 0.25) is 5.91 Å². The van der Waals surface area contributed by atoms with Crippen LogP contribution in [0.3, 0.4) is 0 Å². The number of carbonyl (C=O) groups excluding carboxylic acids is 2. The summed E-state index contributed by atoms with van der Waals surface area (Å²) in [6.07, 6.45) is 1.13. The van der Waals surface area contributed by atoms with Crippen molar-refractivity contribution in [1.82, 2.24) is 9.80 Å². The summed E-state index contributed by atoms with van der Waals surface area (Å²) in [6.45, 7) is 3.96. The van der Waals surface area contributed by atoms with Crippen LogP contribution in [0.15, 0.2) is 0 Å². The van der Waals surface area contributed by atoms with Gasteiger partial charge in [-0.25, -0.2) is 0 Å². The fourth-order valence-corrected chi connectivity index (χ4v) is 1.23. The summed E-state index contributed by atoms with van der Waals surface area (Å²) < 4.78 is 4.55. The van der Waals surface area contributed by atoms with Crippen LogP contribution in [0.2, 0.25) is 0 Å². The predicted molar refractivity (Wildman–Crippen MR) is 62.1 cm³/mol. The second kappa shape index (κ2) is 8.10. The first-order valence-corrected chi connectivity index (χ1v) is 5.50. The summed E-state index contributed by atoms with van der Waals surface area (Å²) in [6, 6.07) is 0. The molecule has 0 atom stereocenters. The van der Waals surface area contributed by atoms with Gasteiger partial charge < -0.3 is 9.64 Å². The molecule has 0 N–H and O–H groups in total. The third-order valence-corrected chi connectivity index (χ3v) is 2.39. The lowest BCUT2D eigenvalue weighted by molar-refractivity contribution is -0.140. The SMILES string of the molecule is CCN(CCCC(=O)OC)CC(=O)N(C)C. The van der Waals surface area contributed by atoms with E-state index in [2.05, 4.69) is 4.74 Å². The smallest absolute Gasteiger partial charge is 0.305 e. The molecule has 16 heavy (non-hydrogen) atoms. The topological polar surface area (TPSA) is 49.9 Å². The van der Waals surface area contributed by atoms with E-state index in [1.54, 1.807) is 19.0 Å². The molecule has 5 nitrogen and oxygen atoms in total. The molecule has 1 amide bonds. The average molecular weight is 230 g/mol. The molecule has 0 aromatic rings. The Morgan fingerprint density at radius 2 is 1.88 bits per heavy atom. The number of nitrogens with zero attached hydrogens (tertiary/aromatic N) is 2. The zero-order valence-corrected chi connectivity index (χ0v) is 10.7. The van der Waals surface area contributed by atoms with Crippen molar-refractivity contribution in [2.24, 2.45) is 0 Å². The van der Waals surface area contributed by atoms with E-state index >= 15 is 0 Å². The monoisotopic (exact) mass is 230 g/mol. The van der Waals surface area contributed by atoms with Crippen molar-refractivity contribution < 1.29 is 14.3 Å². The highest BCUT2D eigenvalue weighted by Crippen LogP contribution is 1.97. The van der Waals surface area contributed by atoms with Gasteiger partial charge in [-0.1, -0.05) is 6.92 Å². The first kappa shape index (κ1) is 14.9. The Morgan fingerprint density at radius 3 is 2.31 bits per heavy atom. The van der Waals surface area contributed by atoms with Crippen molar-refractivity contribution >= 4 is 11.9 Å². The lowest BCUT2D eigenvalue weighted by Crippen LogP contribution is -2.37. The zero-order chi connectivity index (χ0) is 12.6. The van der Waals surface area contributed by atoms with Crippen molar-refractivity contribution in [2.45, 2.75) is 19.8 Å². The third-order valence-electron chi connectivity index (χ3n) is 2.39. The highest BCUT2D eigenvalue weighted by atomic mass is 16.5. The van der Waals surface area contributed by atoms with Gasteiger partial charge in [-0.15, -0.1) is 0 Å². The first-order chi connectivity index (χ1) is 7.51. The Labute approximate surface area is 97.3 Å². The van der Waals surface area contributed by atoms with Gasteiger partial charge in [0.15, 0.2) is 0 Å². The summed E-state index contributed by atoms with van der Waals surface area (Å²) in [7, 11) is 4.87. The van der Waals surface area contributed by atoms with Gasteiger partial charge in [0.05, 0.1) is 13.7 Å². The largest absolute Gasteiger partial charge is 0.469 e. The van der Waals surface area contributed by atoms with Crippen molar-refractivity contribution in [3.63, 3.8) is 0 Å². The molecule has 0 aliphatic carbocycles. The molecule has 0 aliphatic heterocycles. The third kappa shape index (κ3) is 6.40. The minimum absolute atomic E-state index is 0.0833. The van der Waals surface area contributed by atoms with Crippen molar-refractivity contribution in [3.8, 4) is 0 Å². The molecule has 0 aliphatic rings. The highest BCUT2D eigenvalue weighted by Gasteiger charge is 2.11. The lowest BCUT2D eigenvalue weighted by atomic mass is 10.3. The Kier molecular flexibility index (Phi) is 7.54. The van der Waals surface area contributed by atoms with Gasteiger partial charge in [-0.3, -0.25) is 14.5 Å². The van der Waals surface area contributed by atoms with Crippen molar-refractivity contribution in [1.29, 1.82) is 0 Å². The molecule has 0 aromatic carbocycles. The van der Waals surface area contributed by atoms with Crippen LogP contribution in [0.4, 0.5) is 0 Å². The molecular weight excluding hydrogens is 208 g/mol. The van der Waals surface area contributed by atoms with E-state index in [4.69, 9.17) is 0 Å². The minimum Gasteiger partial charge on any atom is -0.469 e. The van der Waals surface area contributed by atoms with Crippen LogP contribution in [-0.2, 0) is 14.3 Å². The van der Waals surface area contributed by atoms with E-state index in [0.29, 0.717) is 13.0 Å². The molecule has 94 valence electrons. The molecule has 0 aromatic heterocycles. The summed E-state index contributed by atoms with van der Waals surface area (Å²) in [5.74, 6) is -0.116. The maximum Gasteiger partial charge on any atom is 0.305 e. The van der Waals surface area contributed by atoms with E-state index in [0.717, 1.165) is 19.5 Å². The van der Waals surface area contributed by atoms with E-state index < -0.39 is 0 Å². The van der Waals surface area contributed by atoms with Crippen LogP contribution >= 0.6 is 0 Å². The second-order valence-corrected chi connectivity index (χ2v) is 3.84. The van der Waals surface area contributed by atoms with Gasteiger partial charge in [0, 0.05) is 20.5 Å². The van der Waals surface area contributed by atoms with Crippen LogP contribution in [0.25, 0.3) is 0 Å². The van der Waals surface area contributed by atoms with Crippen LogP contribution in [0, 0.1) is 0 Å². The quantitative estimate of drug-likeness (QED) is 0.592. The lowest BCUT2D eigenvalue weighted by Gasteiger charge is -2.21. The maximum atomic E-state index is 11.5. The Balaban J connectivity index is 3.83. The average Bonchev–Trinajstić information content (AvgIpc) is 2.26. The molecule has 0 unspecified atom stereocenters. The van der Waals surface area contributed by atoms with Crippen molar-refractivity contribution in [2.75, 3.05) is 40.8 Å². The Morgan fingerprint density at radius 1 is 1.25 bits per heavy atom. The number of carbonyl (C=O) groups is 2. The number of esters is 1. The molecular formula is C11H22N2O3. The molecule has 0 bridgehead atoms. The summed E-state index contributed by atoms with van der Waals surface area (Å²) >= 11 is 0. The van der Waals surface area contributed by atoms with E-state index in [9.17, 15) is 9.59 Å². The summed E-state index contributed by atoms with van der Waals surface area (Å²) in [5.41, 5.74) is 0. The Hall–Kier alpha value is -1.10. The normalized spacial score (nSPS) is 10.3. The maximum absolute atomic E-state index is 11.5.